The molecule has 0 spiro atoms. The molecule has 4 heteroatoms. The molecule has 0 saturated carbocycles. The van der Waals surface area contributed by atoms with E-state index in [4.69, 9.17) is 10.5 Å². The van der Waals surface area contributed by atoms with Crippen LogP contribution >= 0.6 is 0 Å². The number of fused-ring (bicyclic) bond motifs is 1. The fraction of sp³-hybridized carbons (Fsp3) is 0.176. The fourth-order valence-corrected chi connectivity index (χ4v) is 2.51. The Hall–Kier alpha value is -2.49. The Morgan fingerprint density at radius 1 is 1.19 bits per heavy atom. The molecule has 0 bridgehead atoms. The quantitative estimate of drug-likeness (QED) is 0.740. The van der Waals surface area contributed by atoms with Gasteiger partial charge >= 0.3 is 0 Å². The number of nitrogen functional groups attached to an aromatic ring is 1. The Kier molecular flexibility index (Phi) is 3.52. The highest BCUT2D eigenvalue weighted by atomic mass is 19.1. The van der Waals surface area contributed by atoms with Crippen molar-refractivity contribution in [1.82, 2.24) is 4.57 Å². The van der Waals surface area contributed by atoms with E-state index in [1.807, 2.05) is 42.0 Å². The molecule has 3 rings (SSSR count). The molecule has 0 aliphatic rings. The Morgan fingerprint density at radius 3 is 2.86 bits per heavy atom. The standard InChI is InChI=1S/C17H17FN2O/c1-2-21-17-5-3-4-16-14(17)8-9-20(16)11-12-10-13(18)6-7-15(12)19/h3-10H,2,11,19H2,1H3. The number of hydrogen-bond acceptors (Lipinski definition) is 2. The second-order valence-electron chi connectivity index (χ2n) is 4.91. The van der Waals surface area contributed by atoms with Crippen LogP contribution in [-0.4, -0.2) is 11.2 Å². The SMILES string of the molecule is CCOc1cccc2c1ccn2Cc1cc(F)ccc1N. The van der Waals surface area contributed by atoms with Gasteiger partial charge in [0.15, 0.2) is 0 Å². The second-order valence-corrected chi connectivity index (χ2v) is 4.91. The molecule has 0 amide bonds. The molecule has 0 aliphatic heterocycles. The summed E-state index contributed by atoms with van der Waals surface area (Å²) in [5, 5.41) is 1.05. The van der Waals surface area contributed by atoms with Crippen molar-refractivity contribution in [3.8, 4) is 5.75 Å². The molecule has 2 N–H and O–H groups in total. The lowest BCUT2D eigenvalue weighted by molar-refractivity contribution is 0.344. The average Bonchev–Trinajstić information content (AvgIpc) is 2.88. The molecule has 3 aromatic rings. The van der Waals surface area contributed by atoms with Crippen molar-refractivity contribution in [1.29, 1.82) is 0 Å². The predicted molar refractivity (Wildman–Crippen MR) is 83.0 cm³/mol. The van der Waals surface area contributed by atoms with Gasteiger partial charge in [-0.1, -0.05) is 6.07 Å². The monoisotopic (exact) mass is 284 g/mol. The van der Waals surface area contributed by atoms with Crippen LogP contribution in [0.3, 0.4) is 0 Å². The first-order valence-corrected chi connectivity index (χ1v) is 6.93. The highest BCUT2D eigenvalue weighted by Crippen LogP contribution is 2.27. The van der Waals surface area contributed by atoms with Crippen molar-refractivity contribution in [2.45, 2.75) is 13.5 Å². The molecular formula is C17H17FN2O. The van der Waals surface area contributed by atoms with Crippen molar-refractivity contribution in [2.75, 3.05) is 12.3 Å². The number of rotatable bonds is 4. The maximum absolute atomic E-state index is 13.4. The smallest absolute Gasteiger partial charge is 0.128 e. The average molecular weight is 284 g/mol. The zero-order valence-electron chi connectivity index (χ0n) is 11.8. The third-order valence-electron chi connectivity index (χ3n) is 3.52. The molecule has 108 valence electrons. The first kappa shape index (κ1) is 13.5. The molecule has 0 fully saturated rings. The molecular weight excluding hydrogens is 267 g/mol. The zero-order valence-corrected chi connectivity index (χ0v) is 11.8. The van der Waals surface area contributed by atoms with E-state index in [-0.39, 0.29) is 5.82 Å². The lowest BCUT2D eigenvalue weighted by atomic mass is 10.1. The van der Waals surface area contributed by atoms with Gasteiger partial charge in [-0.15, -0.1) is 0 Å². The van der Waals surface area contributed by atoms with Crippen LogP contribution in [0, 0.1) is 5.82 Å². The molecule has 0 aliphatic carbocycles. The summed E-state index contributed by atoms with van der Waals surface area (Å²) in [5.74, 6) is 0.589. The van der Waals surface area contributed by atoms with Gasteiger partial charge in [-0.25, -0.2) is 4.39 Å². The van der Waals surface area contributed by atoms with Crippen LogP contribution in [0.1, 0.15) is 12.5 Å². The summed E-state index contributed by atoms with van der Waals surface area (Å²) in [6, 6.07) is 12.4. The van der Waals surface area contributed by atoms with Crippen LogP contribution in [0.5, 0.6) is 5.75 Å². The number of benzene rings is 2. The maximum Gasteiger partial charge on any atom is 0.128 e. The van der Waals surface area contributed by atoms with E-state index < -0.39 is 0 Å². The van der Waals surface area contributed by atoms with Gasteiger partial charge < -0.3 is 15.0 Å². The number of anilines is 1. The normalized spacial score (nSPS) is 11.0. The third-order valence-corrected chi connectivity index (χ3v) is 3.52. The minimum absolute atomic E-state index is 0.273. The Bertz CT molecular complexity index is 780. The molecule has 0 radical (unpaired) electrons. The van der Waals surface area contributed by atoms with E-state index in [0.717, 1.165) is 22.2 Å². The number of hydrogen-bond donors (Lipinski definition) is 1. The van der Waals surface area contributed by atoms with Crippen molar-refractivity contribution >= 4 is 16.6 Å². The number of nitrogens with two attached hydrogens (primary N) is 1. The Balaban J connectivity index is 2.01. The summed E-state index contributed by atoms with van der Waals surface area (Å²) in [4.78, 5) is 0. The van der Waals surface area contributed by atoms with E-state index in [1.165, 1.54) is 12.1 Å². The van der Waals surface area contributed by atoms with E-state index in [0.29, 0.717) is 18.8 Å². The zero-order chi connectivity index (χ0) is 14.8. The lowest BCUT2D eigenvalue weighted by Crippen LogP contribution is -2.02. The van der Waals surface area contributed by atoms with Gasteiger partial charge in [-0.05, 0) is 48.9 Å². The summed E-state index contributed by atoms with van der Waals surface area (Å²) in [5.41, 5.74) is 8.34. The molecule has 1 aromatic heterocycles. The van der Waals surface area contributed by atoms with Gasteiger partial charge in [0.2, 0.25) is 0 Å². The molecule has 1 heterocycles. The molecule has 0 saturated heterocycles. The molecule has 0 unspecified atom stereocenters. The summed E-state index contributed by atoms with van der Waals surface area (Å²) in [6.07, 6.45) is 1.97. The van der Waals surface area contributed by atoms with Gasteiger partial charge in [0, 0.05) is 23.8 Å². The van der Waals surface area contributed by atoms with Crippen LogP contribution in [0.15, 0.2) is 48.7 Å². The van der Waals surface area contributed by atoms with Gasteiger partial charge in [-0.3, -0.25) is 0 Å². The van der Waals surface area contributed by atoms with Crippen LogP contribution in [0.4, 0.5) is 10.1 Å². The van der Waals surface area contributed by atoms with Crippen LogP contribution in [-0.2, 0) is 6.54 Å². The maximum atomic E-state index is 13.4. The van der Waals surface area contributed by atoms with Crippen molar-refractivity contribution in [3.05, 3.63) is 60.0 Å². The predicted octanol–water partition coefficient (Wildman–Crippen LogP) is 3.81. The fourth-order valence-electron chi connectivity index (χ4n) is 2.51. The van der Waals surface area contributed by atoms with Gasteiger partial charge in [0.25, 0.3) is 0 Å². The highest BCUT2D eigenvalue weighted by molar-refractivity contribution is 5.86. The number of ether oxygens (including phenoxy) is 1. The van der Waals surface area contributed by atoms with Gasteiger partial charge in [0.1, 0.15) is 11.6 Å². The first-order chi connectivity index (χ1) is 10.2. The van der Waals surface area contributed by atoms with Crippen molar-refractivity contribution in [3.63, 3.8) is 0 Å². The van der Waals surface area contributed by atoms with Gasteiger partial charge in [0.05, 0.1) is 12.1 Å². The van der Waals surface area contributed by atoms with E-state index in [1.54, 1.807) is 6.07 Å². The summed E-state index contributed by atoms with van der Waals surface area (Å²) < 4.78 is 21.0. The van der Waals surface area contributed by atoms with Crippen LogP contribution in [0.2, 0.25) is 0 Å². The van der Waals surface area contributed by atoms with E-state index in [9.17, 15) is 4.39 Å². The number of halogens is 1. The summed E-state index contributed by atoms with van der Waals surface area (Å²) >= 11 is 0. The molecule has 2 aromatic carbocycles. The minimum atomic E-state index is -0.273. The van der Waals surface area contributed by atoms with Crippen LogP contribution < -0.4 is 10.5 Å². The molecule has 21 heavy (non-hydrogen) atoms. The highest BCUT2D eigenvalue weighted by Gasteiger charge is 2.08. The van der Waals surface area contributed by atoms with Gasteiger partial charge in [-0.2, -0.15) is 0 Å². The first-order valence-electron chi connectivity index (χ1n) is 6.93. The lowest BCUT2D eigenvalue weighted by Gasteiger charge is -2.10. The topological polar surface area (TPSA) is 40.2 Å². The second kappa shape index (κ2) is 5.48. The molecule has 0 atom stereocenters. The van der Waals surface area contributed by atoms with E-state index in [2.05, 4.69) is 0 Å². The third kappa shape index (κ3) is 2.57. The molecule has 3 nitrogen and oxygen atoms in total. The summed E-state index contributed by atoms with van der Waals surface area (Å²) in [6.45, 7) is 3.12. The minimum Gasteiger partial charge on any atom is -0.493 e. The van der Waals surface area contributed by atoms with E-state index >= 15 is 0 Å². The van der Waals surface area contributed by atoms with Crippen LogP contribution in [0.25, 0.3) is 10.9 Å². The summed E-state index contributed by atoms with van der Waals surface area (Å²) in [7, 11) is 0. The van der Waals surface area contributed by atoms with Crippen molar-refractivity contribution < 1.29 is 9.13 Å². The van der Waals surface area contributed by atoms with Crippen molar-refractivity contribution in [2.24, 2.45) is 0 Å². The Labute approximate surface area is 122 Å². The number of nitrogens with zero attached hydrogens (tertiary/aromatic N) is 1. The largest absolute Gasteiger partial charge is 0.493 e. The number of aromatic nitrogens is 1. The Morgan fingerprint density at radius 2 is 2.05 bits per heavy atom.